The molecule has 6 nitrogen and oxygen atoms in total. The number of rotatable bonds is 7. The first-order valence-corrected chi connectivity index (χ1v) is 9.56. The van der Waals surface area contributed by atoms with Crippen molar-refractivity contribution in [2.24, 2.45) is 0 Å². The predicted octanol–water partition coefficient (Wildman–Crippen LogP) is 2.97. The van der Waals surface area contributed by atoms with E-state index >= 15 is 0 Å². The first kappa shape index (κ1) is 19.3. The van der Waals surface area contributed by atoms with Crippen molar-refractivity contribution >= 4 is 16.8 Å². The van der Waals surface area contributed by atoms with Gasteiger partial charge in [0, 0.05) is 26.4 Å². The Bertz CT molecular complexity index is 915. The Balaban J connectivity index is 1.77. The summed E-state index contributed by atoms with van der Waals surface area (Å²) in [5, 5.41) is 3.43. The summed E-state index contributed by atoms with van der Waals surface area (Å²) in [4.78, 5) is 29.7. The van der Waals surface area contributed by atoms with Gasteiger partial charge < -0.3 is 14.6 Å². The van der Waals surface area contributed by atoms with Gasteiger partial charge in [0.1, 0.15) is 0 Å². The molecule has 0 saturated carbocycles. The second kappa shape index (κ2) is 8.95. The van der Waals surface area contributed by atoms with E-state index in [0.29, 0.717) is 41.9 Å². The zero-order valence-corrected chi connectivity index (χ0v) is 16.1. The molecule has 0 atom stereocenters. The van der Waals surface area contributed by atoms with Crippen LogP contribution in [-0.4, -0.2) is 35.7 Å². The van der Waals surface area contributed by atoms with Crippen LogP contribution in [0.3, 0.4) is 0 Å². The van der Waals surface area contributed by atoms with Crippen LogP contribution in [0.25, 0.3) is 10.9 Å². The molecule has 3 rings (SSSR count). The van der Waals surface area contributed by atoms with Crippen molar-refractivity contribution in [2.75, 3.05) is 20.3 Å². The Morgan fingerprint density at radius 1 is 1.37 bits per heavy atom. The van der Waals surface area contributed by atoms with Crippen LogP contribution in [0, 0.1) is 6.92 Å². The monoisotopic (exact) mass is 369 g/mol. The number of aromatic nitrogens is 2. The Kier molecular flexibility index (Phi) is 6.40. The fourth-order valence-corrected chi connectivity index (χ4v) is 3.46. The number of nitrogens with zero attached hydrogens (tertiary/aromatic N) is 2. The van der Waals surface area contributed by atoms with Crippen LogP contribution in [0.4, 0.5) is 0 Å². The average Bonchev–Trinajstić information content (AvgIpc) is 2.68. The molecule has 144 valence electrons. The van der Waals surface area contributed by atoms with Gasteiger partial charge in [-0.25, -0.2) is 0 Å². The molecule has 0 radical (unpaired) electrons. The maximum Gasteiger partial charge on any atom is 0.260 e. The lowest BCUT2D eigenvalue weighted by molar-refractivity contribution is 0.0953. The fraction of sp³-hybridized carbons (Fsp3) is 0.476. The first-order valence-electron chi connectivity index (χ1n) is 9.56. The van der Waals surface area contributed by atoms with Gasteiger partial charge in [-0.2, -0.15) is 0 Å². The summed E-state index contributed by atoms with van der Waals surface area (Å²) in [6.07, 6.45) is 9.67. The lowest BCUT2D eigenvalue weighted by Crippen LogP contribution is -2.27. The number of hydrogen-bond acceptors (Lipinski definition) is 4. The van der Waals surface area contributed by atoms with Crippen LogP contribution >= 0.6 is 0 Å². The van der Waals surface area contributed by atoms with Gasteiger partial charge in [-0.15, -0.1) is 0 Å². The molecule has 1 amide bonds. The summed E-state index contributed by atoms with van der Waals surface area (Å²) in [5.74, 6) is -0.176. The summed E-state index contributed by atoms with van der Waals surface area (Å²) in [6.45, 7) is 3.33. The van der Waals surface area contributed by atoms with Crippen LogP contribution in [0.1, 0.15) is 48.2 Å². The molecule has 1 N–H and O–H groups in total. The van der Waals surface area contributed by atoms with Gasteiger partial charge >= 0.3 is 0 Å². The van der Waals surface area contributed by atoms with Crippen LogP contribution in [0.2, 0.25) is 0 Å². The molecule has 1 aliphatic rings. The van der Waals surface area contributed by atoms with Gasteiger partial charge in [0.25, 0.3) is 11.5 Å². The van der Waals surface area contributed by atoms with Gasteiger partial charge in [0.2, 0.25) is 0 Å². The molecule has 2 heterocycles. The molecule has 0 aliphatic heterocycles. The molecular formula is C21H27N3O3. The Morgan fingerprint density at radius 3 is 2.96 bits per heavy atom. The average molecular weight is 369 g/mol. The van der Waals surface area contributed by atoms with Crippen molar-refractivity contribution in [1.29, 1.82) is 0 Å². The minimum atomic E-state index is -0.176. The van der Waals surface area contributed by atoms with Crippen LogP contribution in [0.5, 0.6) is 0 Å². The van der Waals surface area contributed by atoms with Crippen molar-refractivity contribution in [2.45, 2.75) is 45.6 Å². The van der Waals surface area contributed by atoms with Crippen molar-refractivity contribution in [3.05, 3.63) is 51.6 Å². The molecule has 0 saturated heterocycles. The molecule has 0 unspecified atom stereocenters. The largest absolute Gasteiger partial charge is 0.383 e. The summed E-state index contributed by atoms with van der Waals surface area (Å²) in [6, 6.07) is 3.47. The number of methoxy groups -OCH3 is 1. The summed E-state index contributed by atoms with van der Waals surface area (Å²) >= 11 is 0. The normalized spacial score (nSPS) is 14.2. The third kappa shape index (κ3) is 4.63. The number of nitrogens with one attached hydrogen (secondary N) is 1. The highest BCUT2D eigenvalue weighted by Crippen LogP contribution is 2.19. The lowest BCUT2D eigenvalue weighted by atomic mass is 9.97. The minimum Gasteiger partial charge on any atom is -0.383 e. The number of fused-ring (bicyclic) bond motifs is 1. The van der Waals surface area contributed by atoms with Gasteiger partial charge in [-0.3, -0.25) is 14.6 Å². The fourth-order valence-electron chi connectivity index (χ4n) is 3.46. The number of carbonyl (C=O) groups excluding carboxylic acids is 1. The highest BCUT2D eigenvalue weighted by atomic mass is 16.5. The summed E-state index contributed by atoms with van der Waals surface area (Å²) in [5.41, 5.74) is 2.97. The van der Waals surface area contributed by atoms with Gasteiger partial charge in [-0.1, -0.05) is 11.6 Å². The van der Waals surface area contributed by atoms with E-state index in [-0.39, 0.29) is 11.5 Å². The number of hydrogen-bond donors (Lipinski definition) is 1. The molecule has 0 aromatic carbocycles. The van der Waals surface area contributed by atoms with Gasteiger partial charge in [0.15, 0.2) is 0 Å². The predicted molar refractivity (Wildman–Crippen MR) is 106 cm³/mol. The van der Waals surface area contributed by atoms with Crippen LogP contribution in [-0.2, 0) is 11.3 Å². The van der Waals surface area contributed by atoms with Crippen molar-refractivity contribution in [3.8, 4) is 0 Å². The number of allylic oxidation sites excluding steroid dienone is 1. The SMILES string of the molecule is COCCn1ccc2nc(C)c(C(=O)NCCC3=CCCCC3)cc2c1=O. The maximum absolute atomic E-state index is 12.7. The van der Waals surface area contributed by atoms with Gasteiger partial charge in [-0.05, 0) is 51.2 Å². The molecule has 27 heavy (non-hydrogen) atoms. The van der Waals surface area contributed by atoms with E-state index in [9.17, 15) is 9.59 Å². The Labute approximate surface area is 159 Å². The first-order chi connectivity index (χ1) is 13.1. The number of ether oxygens (including phenoxy) is 1. The molecule has 2 aromatic rings. The number of aryl methyl sites for hydroxylation is 1. The van der Waals surface area contributed by atoms with E-state index in [1.165, 1.54) is 18.4 Å². The second-order valence-corrected chi connectivity index (χ2v) is 6.98. The lowest BCUT2D eigenvalue weighted by Gasteiger charge is -2.13. The zero-order valence-electron chi connectivity index (χ0n) is 16.1. The quantitative estimate of drug-likeness (QED) is 0.762. The van der Waals surface area contributed by atoms with E-state index < -0.39 is 0 Å². The molecular weight excluding hydrogens is 342 g/mol. The maximum atomic E-state index is 12.7. The summed E-state index contributed by atoms with van der Waals surface area (Å²) < 4.78 is 6.63. The topological polar surface area (TPSA) is 73.2 Å². The van der Waals surface area contributed by atoms with Gasteiger partial charge in [0.05, 0.1) is 28.8 Å². The highest BCUT2D eigenvalue weighted by molar-refractivity contribution is 5.98. The molecule has 0 bridgehead atoms. The van der Waals surface area contributed by atoms with E-state index in [1.807, 2.05) is 0 Å². The molecule has 1 aliphatic carbocycles. The van der Waals surface area contributed by atoms with Crippen LogP contribution in [0.15, 0.2) is 34.8 Å². The Morgan fingerprint density at radius 2 is 2.22 bits per heavy atom. The number of pyridine rings is 2. The van der Waals surface area contributed by atoms with E-state index in [2.05, 4.69) is 16.4 Å². The highest BCUT2D eigenvalue weighted by Gasteiger charge is 2.14. The van der Waals surface area contributed by atoms with E-state index in [4.69, 9.17) is 4.74 Å². The summed E-state index contributed by atoms with van der Waals surface area (Å²) in [7, 11) is 1.60. The molecule has 6 heteroatoms. The number of carbonyl (C=O) groups is 1. The second-order valence-electron chi connectivity index (χ2n) is 6.98. The molecule has 2 aromatic heterocycles. The standard InChI is InChI=1S/C21H27N3O3/c1-15-17(20(25)22-10-8-16-6-4-3-5-7-16)14-18-19(23-15)9-11-24(21(18)26)12-13-27-2/h6,9,11,14H,3-5,7-8,10,12-13H2,1-2H3,(H,22,25). The van der Waals surface area contributed by atoms with E-state index in [0.717, 1.165) is 19.3 Å². The molecule has 0 fully saturated rings. The van der Waals surface area contributed by atoms with Crippen LogP contribution < -0.4 is 10.9 Å². The van der Waals surface area contributed by atoms with Crippen molar-refractivity contribution < 1.29 is 9.53 Å². The molecule has 0 spiro atoms. The zero-order chi connectivity index (χ0) is 19.2. The Hall–Kier alpha value is -2.47. The minimum absolute atomic E-state index is 0.154. The third-order valence-electron chi connectivity index (χ3n) is 5.04. The van der Waals surface area contributed by atoms with Crippen molar-refractivity contribution in [3.63, 3.8) is 0 Å². The van der Waals surface area contributed by atoms with E-state index in [1.54, 1.807) is 36.9 Å². The van der Waals surface area contributed by atoms with Crippen molar-refractivity contribution in [1.82, 2.24) is 14.9 Å². The smallest absolute Gasteiger partial charge is 0.260 e. The number of amides is 1. The third-order valence-corrected chi connectivity index (χ3v) is 5.04.